The van der Waals surface area contributed by atoms with Crippen LogP contribution in [0.1, 0.15) is 24.5 Å². The van der Waals surface area contributed by atoms with Crippen LogP contribution in [0.25, 0.3) is 11.1 Å². The predicted molar refractivity (Wildman–Crippen MR) is 117 cm³/mol. The number of benzene rings is 3. The van der Waals surface area contributed by atoms with E-state index in [4.69, 9.17) is 0 Å². The van der Waals surface area contributed by atoms with Crippen molar-refractivity contribution in [2.45, 2.75) is 26.2 Å². The summed E-state index contributed by atoms with van der Waals surface area (Å²) in [7, 11) is 2.20. The third kappa shape index (κ3) is 4.56. The molecule has 0 saturated carbocycles. The normalized spacial score (nSPS) is 10.7. The SMILES string of the molecule is CCc1ccccc1N(C)CCCc1ccc(Br)cc1-c1ccccc1. The number of hydrogen-bond donors (Lipinski definition) is 0. The molecule has 0 aliphatic carbocycles. The minimum Gasteiger partial charge on any atom is -0.374 e. The van der Waals surface area contributed by atoms with Crippen molar-refractivity contribution in [3.63, 3.8) is 0 Å². The molecule has 26 heavy (non-hydrogen) atoms. The number of para-hydroxylation sites is 1. The zero-order valence-corrected chi connectivity index (χ0v) is 17.2. The number of halogens is 1. The van der Waals surface area contributed by atoms with Crippen molar-refractivity contribution in [2.75, 3.05) is 18.5 Å². The molecule has 0 atom stereocenters. The van der Waals surface area contributed by atoms with E-state index >= 15 is 0 Å². The lowest BCUT2D eigenvalue weighted by atomic mass is 9.96. The predicted octanol–water partition coefficient (Wildman–Crippen LogP) is 6.75. The van der Waals surface area contributed by atoms with Crippen LogP contribution in [-0.4, -0.2) is 13.6 Å². The summed E-state index contributed by atoms with van der Waals surface area (Å²) < 4.78 is 1.13. The molecule has 0 spiro atoms. The third-order valence-corrected chi connectivity index (χ3v) is 5.37. The second-order valence-corrected chi connectivity index (χ2v) is 7.59. The third-order valence-electron chi connectivity index (χ3n) is 4.88. The second-order valence-electron chi connectivity index (χ2n) is 6.67. The standard InChI is InChI=1S/C24H26BrN/c1-3-19-10-7-8-14-24(19)26(2)17-9-13-21-15-16-22(25)18-23(21)20-11-5-4-6-12-20/h4-8,10-12,14-16,18H,3,9,13,17H2,1-2H3. The lowest BCUT2D eigenvalue weighted by molar-refractivity contribution is 0.783. The van der Waals surface area contributed by atoms with Crippen LogP contribution in [0.3, 0.4) is 0 Å². The summed E-state index contributed by atoms with van der Waals surface area (Å²) in [4.78, 5) is 2.39. The van der Waals surface area contributed by atoms with E-state index in [9.17, 15) is 0 Å². The Labute approximate surface area is 165 Å². The maximum absolute atomic E-state index is 3.62. The molecule has 134 valence electrons. The molecular formula is C24H26BrN. The maximum Gasteiger partial charge on any atom is 0.0396 e. The lowest BCUT2D eigenvalue weighted by Gasteiger charge is -2.22. The molecule has 0 aliphatic rings. The highest BCUT2D eigenvalue weighted by Crippen LogP contribution is 2.28. The molecule has 3 aromatic carbocycles. The van der Waals surface area contributed by atoms with Gasteiger partial charge in [-0.2, -0.15) is 0 Å². The molecule has 0 aromatic heterocycles. The molecule has 0 unspecified atom stereocenters. The minimum absolute atomic E-state index is 1.06. The molecule has 0 aliphatic heterocycles. The van der Waals surface area contributed by atoms with Gasteiger partial charge in [-0.1, -0.05) is 77.5 Å². The Bertz CT molecular complexity index is 842. The summed E-state index contributed by atoms with van der Waals surface area (Å²) in [5.74, 6) is 0. The number of hydrogen-bond acceptors (Lipinski definition) is 1. The van der Waals surface area contributed by atoms with E-state index in [1.807, 2.05) is 0 Å². The first kappa shape index (κ1) is 18.7. The molecule has 3 aromatic rings. The van der Waals surface area contributed by atoms with Crippen LogP contribution in [0.5, 0.6) is 0 Å². The van der Waals surface area contributed by atoms with Crippen molar-refractivity contribution in [3.8, 4) is 11.1 Å². The maximum atomic E-state index is 3.62. The zero-order valence-electron chi connectivity index (χ0n) is 15.6. The second kappa shape index (κ2) is 9.05. The summed E-state index contributed by atoms with van der Waals surface area (Å²) in [6, 6.07) is 26.0. The Kier molecular flexibility index (Phi) is 6.51. The lowest BCUT2D eigenvalue weighted by Crippen LogP contribution is -2.20. The van der Waals surface area contributed by atoms with Crippen LogP contribution in [0, 0.1) is 0 Å². The largest absolute Gasteiger partial charge is 0.374 e. The summed E-state index contributed by atoms with van der Waals surface area (Å²) >= 11 is 3.62. The molecule has 0 fully saturated rings. The topological polar surface area (TPSA) is 3.24 Å². The monoisotopic (exact) mass is 407 g/mol. The van der Waals surface area contributed by atoms with Gasteiger partial charge in [0.15, 0.2) is 0 Å². The van der Waals surface area contributed by atoms with Gasteiger partial charge in [0.1, 0.15) is 0 Å². The van der Waals surface area contributed by atoms with Gasteiger partial charge in [-0.25, -0.2) is 0 Å². The molecule has 0 saturated heterocycles. The van der Waals surface area contributed by atoms with Crippen molar-refractivity contribution in [3.05, 3.63) is 88.4 Å². The number of aryl methyl sites for hydroxylation is 2. The highest BCUT2D eigenvalue weighted by molar-refractivity contribution is 9.10. The van der Waals surface area contributed by atoms with Crippen LogP contribution < -0.4 is 4.90 Å². The highest BCUT2D eigenvalue weighted by Gasteiger charge is 2.08. The first-order chi connectivity index (χ1) is 12.7. The fraction of sp³-hybridized carbons (Fsp3) is 0.250. The van der Waals surface area contributed by atoms with Crippen molar-refractivity contribution in [1.29, 1.82) is 0 Å². The Hall–Kier alpha value is -2.06. The van der Waals surface area contributed by atoms with Gasteiger partial charge in [0.25, 0.3) is 0 Å². The van der Waals surface area contributed by atoms with E-state index in [2.05, 4.69) is 108 Å². The van der Waals surface area contributed by atoms with Gasteiger partial charge in [0.05, 0.1) is 0 Å². The van der Waals surface area contributed by atoms with E-state index < -0.39 is 0 Å². The Morgan fingerprint density at radius 2 is 1.58 bits per heavy atom. The molecule has 2 heteroatoms. The van der Waals surface area contributed by atoms with Gasteiger partial charge in [-0.05, 0) is 59.7 Å². The number of anilines is 1. The van der Waals surface area contributed by atoms with Gasteiger partial charge in [0.2, 0.25) is 0 Å². The van der Waals surface area contributed by atoms with Crippen molar-refractivity contribution >= 4 is 21.6 Å². The van der Waals surface area contributed by atoms with Gasteiger partial charge in [-0.15, -0.1) is 0 Å². The van der Waals surface area contributed by atoms with Gasteiger partial charge < -0.3 is 4.90 Å². The van der Waals surface area contributed by atoms with E-state index in [0.717, 1.165) is 30.3 Å². The molecule has 0 heterocycles. The van der Waals surface area contributed by atoms with Crippen LogP contribution in [0.15, 0.2) is 77.3 Å². The zero-order chi connectivity index (χ0) is 18.4. The highest BCUT2D eigenvalue weighted by atomic mass is 79.9. The Balaban J connectivity index is 1.70. The van der Waals surface area contributed by atoms with Gasteiger partial charge >= 0.3 is 0 Å². The van der Waals surface area contributed by atoms with Gasteiger partial charge in [-0.3, -0.25) is 0 Å². The van der Waals surface area contributed by atoms with Crippen molar-refractivity contribution in [2.24, 2.45) is 0 Å². The smallest absolute Gasteiger partial charge is 0.0396 e. The van der Waals surface area contributed by atoms with Crippen LogP contribution in [-0.2, 0) is 12.8 Å². The van der Waals surface area contributed by atoms with E-state index in [1.165, 1.54) is 27.9 Å². The molecule has 3 rings (SSSR count). The molecule has 0 amide bonds. The van der Waals surface area contributed by atoms with E-state index in [0.29, 0.717) is 0 Å². The Morgan fingerprint density at radius 1 is 0.846 bits per heavy atom. The summed E-state index contributed by atoms with van der Waals surface area (Å²) in [6.07, 6.45) is 3.29. The average molecular weight is 408 g/mol. The molecule has 0 N–H and O–H groups in total. The number of nitrogens with zero attached hydrogens (tertiary/aromatic N) is 1. The first-order valence-electron chi connectivity index (χ1n) is 9.32. The van der Waals surface area contributed by atoms with Gasteiger partial charge in [0, 0.05) is 23.8 Å². The van der Waals surface area contributed by atoms with Crippen molar-refractivity contribution in [1.82, 2.24) is 0 Å². The van der Waals surface area contributed by atoms with E-state index in [-0.39, 0.29) is 0 Å². The number of rotatable bonds is 7. The van der Waals surface area contributed by atoms with Crippen LogP contribution >= 0.6 is 15.9 Å². The Morgan fingerprint density at radius 3 is 2.35 bits per heavy atom. The van der Waals surface area contributed by atoms with E-state index in [1.54, 1.807) is 0 Å². The summed E-state index contributed by atoms with van der Waals surface area (Å²) in [5, 5.41) is 0. The molecule has 0 bridgehead atoms. The fourth-order valence-electron chi connectivity index (χ4n) is 3.46. The first-order valence-corrected chi connectivity index (χ1v) is 10.1. The molecular weight excluding hydrogens is 382 g/mol. The quantitative estimate of drug-likeness (QED) is 0.418. The molecule has 0 radical (unpaired) electrons. The van der Waals surface area contributed by atoms with Crippen LogP contribution in [0.4, 0.5) is 5.69 Å². The van der Waals surface area contributed by atoms with Crippen LogP contribution in [0.2, 0.25) is 0 Å². The van der Waals surface area contributed by atoms with Crippen molar-refractivity contribution < 1.29 is 0 Å². The molecule has 1 nitrogen and oxygen atoms in total. The minimum atomic E-state index is 1.06. The summed E-state index contributed by atoms with van der Waals surface area (Å²) in [6.45, 7) is 3.28. The average Bonchev–Trinajstić information content (AvgIpc) is 2.69. The fourth-order valence-corrected chi connectivity index (χ4v) is 3.82. The summed E-state index contributed by atoms with van der Waals surface area (Å²) in [5.41, 5.74) is 6.80.